The molecule has 0 saturated carbocycles. The van der Waals surface area contributed by atoms with Gasteiger partial charge in [0.1, 0.15) is 5.82 Å². The average molecular weight is 233 g/mol. The van der Waals surface area contributed by atoms with Crippen LogP contribution in [0.5, 0.6) is 0 Å². The number of benzene rings is 1. The molecule has 1 aromatic carbocycles. The van der Waals surface area contributed by atoms with Crippen LogP contribution in [0.1, 0.15) is 49.3 Å². The van der Waals surface area contributed by atoms with Crippen molar-refractivity contribution in [1.29, 1.82) is 0 Å². The Morgan fingerprint density at radius 3 is 2.88 bits per heavy atom. The van der Waals surface area contributed by atoms with Crippen molar-refractivity contribution >= 4 is 0 Å². The van der Waals surface area contributed by atoms with Gasteiger partial charge in [-0.3, -0.25) is 0 Å². The van der Waals surface area contributed by atoms with Crippen LogP contribution < -0.4 is 5.73 Å². The molecule has 1 unspecified atom stereocenters. The van der Waals surface area contributed by atoms with Crippen LogP contribution in [0.25, 0.3) is 0 Å². The SMILES string of the molecule is Cc1ccc(F)cc1C(N)C1=CCCCCC1. The van der Waals surface area contributed by atoms with Crippen molar-refractivity contribution in [3.8, 4) is 0 Å². The van der Waals surface area contributed by atoms with Crippen LogP contribution in [0.4, 0.5) is 4.39 Å². The van der Waals surface area contributed by atoms with Gasteiger partial charge in [0.25, 0.3) is 0 Å². The van der Waals surface area contributed by atoms with Crippen LogP contribution in [0.2, 0.25) is 0 Å². The highest BCUT2D eigenvalue weighted by atomic mass is 19.1. The lowest BCUT2D eigenvalue weighted by Crippen LogP contribution is -2.15. The van der Waals surface area contributed by atoms with Crippen molar-refractivity contribution in [2.24, 2.45) is 5.73 Å². The van der Waals surface area contributed by atoms with E-state index in [1.165, 1.54) is 30.9 Å². The molecule has 0 heterocycles. The zero-order valence-corrected chi connectivity index (χ0v) is 10.4. The third-order valence-corrected chi connectivity index (χ3v) is 3.55. The first-order valence-corrected chi connectivity index (χ1v) is 6.39. The minimum atomic E-state index is -0.199. The molecule has 2 N–H and O–H groups in total. The average Bonchev–Trinajstić information content (AvgIpc) is 2.60. The normalized spacial score (nSPS) is 18.4. The van der Waals surface area contributed by atoms with Crippen LogP contribution >= 0.6 is 0 Å². The van der Waals surface area contributed by atoms with Crippen molar-refractivity contribution in [2.75, 3.05) is 0 Å². The largest absolute Gasteiger partial charge is 0.321 e. The summed E-state index contributed by atoms with van der Waals surface area (Å²) in [6.45, 7) is 1.99. The van der Waals surface area contributed by atoms with Gasteiger partial charge in [-0.2, -0.15) is 0 Å². The van der Waals surface area contributed by atoms with Crippen LogP contribution in [0, 0.1) is 12.7 Å². The standard InChI is InChI=1S/C15H20FN/c1-11-8-9-13(16)10-14(11)15(17)12-6-4-2-3-5-7-12/h6,8-10,15H,2-5,7,17H2,1H3. The van der Waals surface area contributed by atoms with Crippen LogP contribution in [0.15, 0.2) is 29.8 Å². The van der Waals surface area contributed by atoms with E-state index in [0.29, 0.717) is 0 Å². The molecule has 2 heteroatoms. The van der Waals surface area contributed by atoms with Gasteiger partial charge in [0.15, 0.2) is 0 Å². The Hall–Kier alpha value is -1.15. The maximum atomic E-state index is 13.3. The summed E-state index contributed by atoms with van der Waals surface area (Å²) in [6, 6.07) is 4.74. The molecule has 92 valence electrons. The first-order chi connectivity index (χ1) is 8.18. The summed E-state index contributed by atoms with van der Waals surface area (Å²) < 4.78 is 13.3. The van der Waals surface area contributed by atoms with Crippen LogP contribution in [0.3, 0.4) is 0 Å². The summed E-state index contributed by atoms with van der Waals surface area (Å²) in [5.41, 5.74) is 9.55. The van der Waals surface area contributed by atoms with Gasteiger partial charge in [-0.25, -0.2) is 4.39 Å². The fraction of sp³-hybridized carbons (Fsp3) is 0.467. The summed E-state index contributed by atoms with van der Waals surface area (Å²) in [7, 11) is 0. The summed E-state index contributed by atoms with van der Waals surface area (Å²) in [4.78, 5) is 0. The molecule has 1 aliphatic carbocycles. The second-order valence-corrected chi connectivity index (χ2v) is 4.86. The summed E-state index contributed by atoms with van der Waals surface area (Å²) in [5.74, 6) is -0.199. The van der Waals surface area contributed by atoms with E-state index in [4.69, 9.17) is 5.73 Å². The van der Waals surface area contributed by atoms with E-state index in [-0.39, 0.29) is 11.9 Å². The Labute approximate surface area is 103 Å². The zero-order chi connectivity index (χ0) is 12.3. The topological polar surface area (TPSA) is 26.0 Å². The predicted molar refractivity (Wildman–Crippen MR) is 69.2 cm³/mol. The second kappa shape index (κ2) is 5.46. The van der Waals surface area contributed by atoms with Gasteiger partial charge in [-0.05, 0) is 55.9 Å². The molecule has 0 spiro atoms. The van der Waals surface area contributed by atoms with Gasteiger partial charge in [0.05, 0.1) is 6.04 Å². The van der Waals surface area contributed by atoms with Gasteiger partial charge >= 0.3 is 0 Å². The number of hydrogen-bond acceptors (Lipinski definition) is 1. The molecule has 1 nitrogen and oxygen atoms in total. The third kappa shape index (κ3) is 2.95. The predicted octanol–water partition coefficient (Wildman–Crippen LogP) is 4.02. The van der Waals surface area contributed by atoms with E-state index >= 15 is 0 Å². The molecule has 0 fully saturated rings. The fourth-order valence-corrected chi connectivity index (χ4v) is 2.47. The Morgan fingerprint density at radius 1 is 1.24 bits per heavy atom. The molecule has 0 aromatic heterocycles. The van der Waals surface area contributed by atoms with Gasteiger partial charge in [0.2, 0.25) is 0 Å². The van der Waals surface area contributed by atoms with Crippen molar-refractivity contribution in [2.45, 2.75) is 45.1 Å². The van der Waals surface area contributed by atoms with Crippen molar-refractivity contribution in [3.05, 3.63) is 46.8 Å². The van der Waals surface area contributed by atoms with E-state index in [2.05, 4.69) is 6.08 Å². The number of aryl methyl sites for hydroxylation is 1. The monoisotopic (exact) mass is 233 g/mol. The van der Waals surface area contributed by atoms with Gasteiger partial charge < -0.3 is 5.73 Å². The lowest BCUT2D eigenvalue weighted by molar-refractivity contribution is 0.620. The van der Waals surface area contributed by atoms with Crippen LogP contribution in [-0.4, -0.2) is 0 Å². The number of rotatable bonds is 2. The molecule has 17 heavy (non-hydrogen) atoms. The highest BCUT2D eigenvalue weighted by Gasteiger charge is 2.15. The lowest BCUT2D eigenvalue weighted by atomic mass is 9.93. The molecule has 0 aliphatic heterocycles. The van der Waals surface area contributed by atoms with Gasteiger partial charge in [-0.15, -0.1) is 0 Å². The molecule has 1 aromatic rings. The summed E-state index contributed by atoms with van der Waals surface area (Å²) in [6.07, 6.45) is 8.14. The Morgan fingerprint density at radius 2 is 2.06 bits per heavy atom. The molecule has 1 atom stereocenters. The quantitative estimate of drug-likeness (QED) is 0.767. The van der Waals surface area contributed by atoms with Crippen molar-refractivity contribution in [1.82, 2.24) is 0 Å². The zero-order valence-electron chi connectivity index (χ0n) is 10.4. The molecule has 2 rings (SSSR count). The first-order valence-electron chi connectivity index (χ1n) is 6.39. The maximum absolute atomic E-state index is 13.3. The Kier molecular flexibility index (Phi) is 3.95. The fourth-order valence-electron chi connectivity index (χ4n) is 2.47. The molecule has 0 saturated heterocycles. The molecule has 0 amide bonds. The Bertz CT molecular complexity index is 423. The number of nitrogens with two attached hydrogens (primary N) is 1. The Balaban J connectivity index is 2.26. The number of allylic oxidation sites excluding steroid dienone is 1. The summed E-state index contributed by atoms with van der Waals surface area (Å²) in [5, 5.41) is 0. The lowest BCUT2D eigenvalue weighted by Gasteiger charge is -2.18. The van der Waals surface area contributed by atoms with E-state index < -0.39 is 0 Å². The highest BCUT2D eigenvalue weighted by molar-refractivity contribution is 5.35. The van der Waals surface area contributed by atoms with E-state index in [1.807, 2.05) is 13.0 Å². The molecular weight excluding hydrogens is 213 g/mol. The molecule has 1 aliphatic rings. The minimum Gasteiger partial charge on any atom is -0.321 e. The summed E-state index contributed by atoms with van der Waals surface area (Å²) >= 11 is 0. The molecule has 0 radical (unpaired) electrons. The minimum absolute atomic E-state index is 0.135. The van der Waals surface area contributed by atoms with E-state index in [1.54, 1.807) is 6.07 Å². The van der Waals surface area contributed by atoms with E-state index in [9.17, 15) is 4.39 Å². The van der Waals surface area contributed by atoms with Crippen molar-refractivity contribution in [3.63, 3.8) is 0 Å². The van der Waals surface area contributed by atoms with Gasteiger partial charge in [0, 0.05) is 0 Å². The smallest absolute Gasteiger partial charge is 0.123 e. The number of halogens is 1. The number of hydrogen-bond donors (Lipinski definition) is 1. The highest BCUT2D eigenvalue weighted by Crippen LogP contribution is 2.29. The van der Waals surface area contributed by atoms with E-state index in [0.717, 1.165) is 24.0 Å². The maximum Gasteiger partial charge on any atom is 0.123 e. The third-order valence-electron chi connectivity index (χ3n) is 3.55. The molecular formula is C15H20FN. The van der Waals surface area contributed by atoms with Crippen LogP contribution in [-0.2, 0) is 0 Å². The second-order valence-electron chi connectivity index (χ2n) is 4.86. The van der Waals surface area contributed by atoms with Crippen molar-refractivity contribution < 1.29 is 4.39 Å². The first kappa shape index (κ1) is 12.3. The van der Waals surface area contributed by atoms with Gasteiger partial charge in [-0.1, -0.05) is 24.1 Å². The molecule has 0 bridgehead atoms.